The Labute approximate surface area is 74.9 Å². The molecule has 0 amide bonds. The summed E-state index contributed by atoms with van der Waals surface area (Å²) in [4.78, 5) is 10.4. The molecule has 2 atom stereocenters. The Bertz CT molecular complexity index is 174. The van der Waals surface area contributed by atoms with Crippen LogP contribution in [0.25, 0.3) is 0 Å². The van der Waals surface area contributed by atoms with Gasteiger partial charge in [0.05, 0.1) is 0 Å². The van der Waals surface area contributed by atoms with Crippen molar-refractivity contribution in [1.29, 1.82) is 0 Å². The fraction of sp³-hybridized carbons (Fsp3) is 0.727. The minimum atomic E-state index is 0.221. The monoisotopic (exact) mass is 166 g/mol. The lowest BCUT2D eigenvalue weighted by atomic mass is 9.66. The summed E-state index contributed by atoms with van der Waals surface area (Å²) in [7, 11) is 0. The lowest BCUT2D eigenvalue weighted by Crippen LogP contribution is -2.29. The summed E-state index contributed by atoms with van der Waals surface area (Å²) in [5.74, 6) is 0.543. The Balaban J connectivity index is 2.65. The highest BCUT2D eigenvalue weighted by Gasteiger charge is 2.33. The van der Waals surface area contributed by atoms with E-state index in [1.807, 2.05) is 6.08 Å². The third kappa shape index (κ3) is 1.77. The molecule has 0 aromatic carbocycles. The van der Waals surface area contributed by atoms with Gasteiger partial charge in [0.2, 0.25) is 0 Å². The Kier molecular flexibility index (Phi) is 3.07. The van der Waals surface area contributed by atoms with E-state index in [4.69, 9.17) is 0 Å². The standard InChI is InChI=1S/C11H18O/c1-3-11(2)8-5-4-6-10(11)7-9-12/h3,9-10H,1,4-8H2,2H3. The quantitative estimate of drug-likeness (QED) is 0.465. The van der Waals surface area contributed by atoms with Crippen molar-refractivity contribution in [3.63, 3.8) is 0 Å². The van der Waals surface area contributed by atoms with Gasteiger partial charge in [-0.3, -0.25) is 0 Å². The molecule has 0 spiro atoms. The van der Waals surface area contributed by atoms with Crippen LogP contribution in [0.15, 0.2) is 12.7 Å². The second kappa shape index (κ2) is 3.88. The summed E-state index contributed by atoms with van der Waals surface area (Å²) < 4.78 is 0. The van der Waals surface area contributed by atoms with Gasteiger partial charge >= 0.3 is 0 Å². The van der Waals surface area contributed by atoms with Crippen LogP contribution in [0, 0.1) is 11.3 Å². The lowest BCUT2D eigenvalue weighted by molar-refractivity contribution is -0.109. The largest absolute Gasteiger partial charge is 0.303 e. The molecule has 1 rings (SSSR count). The third-order valence-corrected chi connectivity index (χ3v) is 3.30. The van der Waals surface area contributed by atoms with E-state index in [1.54, 1.807) is 0 Å². The van der Waals surface area contributed by atoms with Gasteiger partial charge in [-0.2, -0.15) is 0 Å². The number of carbonyl (C=O) groups excluding carboxylic acids is 1. The van der Waals surface area contributed by atoms with Crippen LogP contribution in [0.3, 0.4) is 0 Å². The fourth-order valence-corrected chi connectivity index (χ4v) is 2.20. The normalized spacial score (nSPS) is 35.9. The number of hydrogen-bond donors (Lipinski definition) is 0. The van der Waals surface area contributed by atoms with Crippen molar-refractivity contribution in [2.45, 2.75) is 39.0 Å². The Hall–Kier alpha value is -0.590. The highest BCUT2D eigenvalue weighted by atomic mass is 16.1. The van der Waals surface area contributed by atoms with Crippen molar-refractivity contribution >= 4 is 6.29 Å². The van der Waals surface area contributed by atoms with Gasteiger partial charge in [-0.15, -0.1) is 6.58 Å². The number of carbonyl (C=O) groups is 1. The van der Waals surface area contributed by atoms with Gasteiger partial charge in [-0.05, 0) is 24.2 Å². The highest BCUT2D eigenvalue weighted by molar-refractivity contribution is 5.50. The van der Waals surface area contributed by atoms with Gasteiger partial charge in [0, 0.05) is 6.42 Å². The predicted octanol–water partition coefficient (Wildman–Crippen LogP) is 2.96. The van der Waals surface area contributed by atoms with E-state index in [2.05, 4.69) is 13.5 Å². The number of aldehydes is 1. The number of rotatable bonds is 3. The number of hydrogen-bond acceptors (Lipinski definition) is 1. The topological polar surface area (TPSA) is 17.1 Å². The van der Waals surface area contributed by atoms with Crippen LogP contribution in [0.1, 0.15) is 39.0 Å². The third-order valence-electron chi connectivity index (χ3n) is 3.30. The molecular formula is C11H18O. The molecule has 0 aromatic heterocycles. The maximum Gasteiger partial charge on any atom is 0.120 e. The first-order valence-corrected chi connectivity index (χ1v) is 4.80. The van der Waals surface area contributed by atoms with E-state index in [9.17, 15) is 4.79 Å². The first kappa shape index (κ1) is 9.50. The van der Waals surface area contributed by atoms with E-state index in [1.165, 1.54) is 25.7 Å². The van der Waals surface area contributed by atoms with Gasteiger partial charge in [0.15, 0.2) is 0 Å². The molecule has 0 aromatic rings. The summed E-state index contributed by atoms with van der Waals surface area (Å²) in [6, 6.07) is 0. The zero-order valence-corrected chi connectivity index (χ0v) is 7.88. The van der Waals surface area contributed by atoms with Crippen molar-refractivity contribution in [3.05, 3.63) is 12.7 Å². The Morgan fingerprint density at radius 2 is 2.33 bits per heavy atom. The summed E-state index contributed by atoms with van der Waals surface area (Å²) in [5, 5.41) is 0. The molecule has 0 aliphatic heterocycles. The summed E-state index contributed by atoms with van der Waals surface area (Å²) >= 11 is 0. The smallest absolute Gasteiger partial charge is 0.120 e. The molecule has 1 aliphatic carbocycles. The second-order valence-corrected chi connectivity index (χ2v) is 4.06. The maximum atomic E-state index is 10.4. The van der Waals surface area contributed by atoms with Crippen LogP contribution in [-0.4, -0.2) is 6.29 Å². The molecule has 1 heteroatoms. The van der Waals surface area contributed by atoms with Crippen LogP contribution in [-0.2, 0) is 4.79 Å². The van der Waals surface area contributed by atoms with E-state index < -0.39 is 0 Å². The molecule has 0 bridgehead atoms. The zero-order chi connectivity index (χ0) is 9.03. The molecule has 1 saturated carbocycles. The first-order valence-electron chi connectivity index (χ1n) is 4.80. The molecule has 12 heavy (non-hydrogen) atoms. The van der Waals surface area contributed by atoms with Gasteiger partial charge in [-0.1, -0.05) is 25.8 Å². The Morgan fingerprint density at radius 3 is 2.92 bits per heavy atom. The van der Waals surface area contributed by atoms with Crippen LogP contribution in [0.5, 0.6) is 0 Å². The van der Waals surface area contributed by atoms with Crippen molar-refractivity contribution in [2.24, 2.45) is 11.3 Å². The molecule has 0 radical (unpaired) electrons. The van der Waals surface area contributed by atoms with Gasteiger partial charge in [-0.25, -0.2) is 0 Å². The molecule has 68 valence electrons. The van der Waals surface area contributed by atoms with Crippen LogP contribution in [0.2, 0.25) is 0 Å². The van der Waals surface area contributed by atoms with Crippen molar-refractivity contribution in [2.75, 3.05) is 0 Å². The van der Waals surface area contributed by atoms with E-state index >= 15 is 0 Å². The van der Waals surface area contributed by atoms with E-state index in [-0.39, 0.29) is 5.41 Å². The van der Waals surface area contributed by atoms with Crippen molar-refractivity contribution in [1.82, 2.24) is 0 Å². The molecule has 0 N–H and O–H groups in total. The van der Waals surface area contributed by atoms with Crippen LogP contribution < -0.4 is 0 Å². The maximum absolute atomic E-state index is 10.4. The molecule has 2 unspecified atom stereocenters. The average Bonchev–Trinajstić information content (AvgIpc) is 2.10. The van der Waals surface area contributed by atoms with Crippen molar-refractivity contribution in [3.8, 4) is 0 Å². The molecule has 1 nitrogen and oxygen atoms in total. The van der Waals surface area contributed by atoms with Crippen LogP contribution >= 0.6 is 0 Å². The molecular weight excluding hydrogens is 148 g/mol. The lowest BCUT2D eigenvalue weighted by Gasteiger charge is -2.38. The minimum Gasteiger partial charge on any atom is -0.303 e. The van der Waals surface area contributed by atoms with Crippen molar-refractivity contribution < 1.29 is 4.79 Å². The van der Waals surface area contributed by atoms with E-state index in [0.29, 0.717) is 12.3 Å². The minimum absolute atomic E-state index is 0.221. The highest BCUT2D eigenvalue weighted by Crippen LogP contribution is 2.43. The first-order chi connectivity index (χ1) is 5.73. The zero-order valence-electron chi connectivity index (χ0n) is 7.88. The predicted molar refractivity (Wildman–Crippen MR) is 50.9 cm³/mol. The van der Waals surface area contributed by atoms with Gasteiger partial charge in [0.1, 0.15) is 6.29 Å². The van der Waals surface area contributed by atoms with Crippen LogP contribution in [0.4, 0.5) is 0 Å². The average molecular weight is 166 g/mol. The summed E-state index contributed by atoms with van der Waals surface area (Å²) in [6.45, 7) is 6.10. The van der Waals surface area contributed by atoms with Gasteiger partial charge in [0.25, 0.3) is 0 Å². The molecule has 0 saturated heterocycles. The SMILES string of the molecule is C=CC1(C)CCCCC1CC=O. The fourth-order valence-electron chi connectivity index (χ4n) is 2.20. The Morgan fingerprint density at radius 1 is 1.58 bits per heavy atom. The second-order valence-electron chi connectivity index (χ2n) is 4.06. The van der Waals surface area contributed by atoms with Gasteiger partial charge < -0.3 is 4.79 Å². The molecule has 0 heterocycles. The summed E-state index contributed by atoms with van der Waals surface area (Å²) in [6.07, 6.45) is 8.77. The molecule has 1 fully saturated rings. The molecule has 1 aliphatic rings. The number of allylic oxidation sites excluding steroid dienone is 1. The summed E-state index contributed by atoms with van der Waals surface area (Å²) in [5.41, 5.74) is 0.221. The van der Waals surface area contributed by atoms with E-state index in [0.717, 1.165) is 6.29 Å².